The maximum atomic E-state index is 10.3. The van der Waals surface area contributed by atoms with Crippen LogP contribution in [-0.4, -0.2) is 64.8 Å². The fourth-order valence-electron chi connectivity index (χ4n) is 4.74. The predicted molar refractivity (Wildman–Crippen MR) is 162 cm³/mol. The molecular weight excluding hydrogens is 594 g/mol. The van der Waals surface area contributed by atoms with Gasteiger partial charge in [0.1, 0.15) is 39.9 Å². The van der Waals surface area contributed by atoms with E-state index in [-0.39, 0.29) is 12.3 Å². The largest absolute Gasteiger partial charge is 0.485 e. The lowest BCUT2D eigenvalue weighted by molar-refractivity contribution is 0.0733. The van der Waals surface area contributed by atoms with Crippen LogP contribution in [0.3, 0.4) is 0 Å². The van der Waals surface area contributed by atoms with Crippen LogP contribution >= 0.6 is 34.7 Å². The average Bonchev–Trinajstić information content (AvgIpc) is 3.63. The van der Waals surface area contributed by atoms with Crippen molar-refractivity contribution in [1.29, 1.82) is 5.26 Å². The van der Waals surface area contributed by atoms with E-state index in [1.165, 1.54) is 23.1 Å². The number of hydrogen-bond acceptors (Lipinski definition) is 10. The number of rotatable bonds is 8. The molecule has 9 nitrogen and oxygen atoms in total. The molecule has 2 aromatic heterocycles. The van der Waals surface area contributed by atoms with Crippen LogP contribution in [-0.2, 0) is 10.5 Å². The molecule has 2 saturated heterocycles. The van der Waals surface area contributed by atoms with E-state index in [4.69, 9.17) is 37.6 Å². The van der Waals surface area contributed by atoms with E-state index in [9.17, 15) is 15.5 Å². The lowest BCUT2D eigenvalue weighted by atomic mass is 9.99. The fourth-order valence-corrected chi connectivity index (χ4v) is 6.67. The molecule has 4 aromatic rings. The molecular formula is C30H24ClN5O4S2. The second kappa shape index (κ2) is 12.3. The zero-order valence-electron chi connectivity index (χ0n) is 22.1. The van der Waals surface area contributed by atoms with Crippen molar-refractivity contribution in [3.8, 4) is 33.5 Å². The Labute approximate surface area is 255 Å². The summed E-state index contributed by atoms with van der Waals surface area (Å²) in [4.78, 5) is 15.2. The maximum absolute atomic E-state index is 10.3. The van der Waals surface area contributed by atoms with Crippen LogP contribution in [0.2, 0.25) is 5.02 Å². The third-order valence-corrected chi connectivity index (χ3v) is 9.14. The normalized spacial score (nSPS) is 18.4. The minimum absolute atomic E-state index is 0.234. The first-order valence-electron chi connectivity index (χ1n) is 13.1. The molecule has 0 bridgehead atoms. The van der Waals surface area contributed by atoms with E-state index < -0.39 is 18.3 Å². The number of pyridine rings is 1. The molecule has 2 N–H and O–H groups in total. The van der Waals surface area contributed by atoms with Crippen molar-refractivity contribution in [1.82, 2.24) is 9.97 Å². The monoisotopic (exact) mass is 617 g/mol. The summed E-state index contributed by atoms with van der Waals surface area (Å²) in [5.74, 6) is 1.47. The summed E-state index contributed by atoms with van der Waals surface area (Å²) in [7, 11) is 0. The lowest BCUT2D eigenvalue weighted by Gasteiger charge is -2.38. The van der Waals surface area contributed by atoms with E-state index in [2.05, 4.69) is 10.9 Å². The summed E-state index contributed by atoms with van der Waals surface area (Å²) in [5.41, 5.74) is 3.53. The molecule has 2 aliphatic rings. The Bertz CT molecular complexity index is 1680. The number of aliphatic hydroxyl groups excluding tert-OH is 2. The van der Waals surface area contributed by atoms with Gasteiger partial charge in [0, 0.05) is 40.4 Å². The van der Waals surface area contributed by atoms with Crippen molar-refractivity contribution in [3.05, 3.63) is 81.6 Å². The molecule has 6 rings (SSSR count). The number of thioether (sulfide) groups is 1. The number of ether oxygens (including phenoxy) is 2. The Morgan fingerprint density at radius 1 is 1.12 bits per heavy atom. The zero-order chi connectivity index (χ0) is 29.2. The molecule has 0 aliphatic carbocycles. The summed E-state index contributed by atoms with van der Waals surface area (Å²) >= 11 is 8.94. The minimum atomic E-state index is -0.696. The Kier molecular flexibility index (Phi) is 8.31. The third-order valence-electron chi connectivity index (χ3n) is 6.94. The molecule has 0 spiro atoms. The standard InChI is InChI=1S/C30H24ClN5O4S2/c1-33-27-26(17-4-8-22(9-5-17)40-25-14-39-13-24(25)38)23(10-32)30(35-28(27)36-11-21(37)12-36)42-16-20-15-41-29(34-20)18-2-6-19(31)7-3-18/h2-9,15,21,24-25,37-38H,11-14,16H2/t24-,25-/m0/s1. The van der Waals surface area contributed by atoms with Crippen molar-refractivity contribution in [3.63, 3.8) is 0 Å². The number of thiazole rings is 1. The van der Waals surface area contributed by atoms with Gasteiger partial charge in [0.05, 0.1) is 37.1 Å². The SMILES string of the molecule is [C-]#[N+]c1c(N2CC(O)C2)nc(SCc2csc(-c3ccc(Cl)cc3)n2)c(C#N)c1-c1ccc(O[C@H]2COC[C@@H]2O)cc1. The number of anilines is 1. The van der Waals surface area contributed by atoms with Crippen molar-refractivity contribution in [2.45, 2.75) is 29.1 Å². The number of nitriles is 1. The predicted octanol–water partition coefficient (Wildman–Crippen LogP) is 5.56. The van der Waals surface area contributed by atoms with Crippen LogP contribution in [0.15, 0.2) is 58.9 Å². The summed E-state index contributed by atoms with van der Waals surface area (Å²) in [6, 6.07) is 16.9. The number of benzene rings is 2. The number of aromatic nitrogens is 2. The molecule has 2 fully saturated rings. The van der Waals surface area contributed by atoms with Crippen molar-refractivity contribution in [2.75, 3.05) is 31.2 Å². The second-order valence-corrected chi connectivity index (χ2v) is 12.1. The summed E-state index contributed by atoms with van der Waals surface area (Å²) in [6.07, 6.45) is -1.64. The number of aliphatic hydroxyl groups is 2. The second-order valence-electron chi connectivity index (χ2n) is 9.85. The first-order valence-corrected chi connectivity index (χ1v) is 15.3. The molecule has 0 amide bonds. The molecule has 12 heteroatoms. The maximum Gasteiger partial charge on any atom is 0.237 e. The van der Waals surface area contributed by atoms with E-state index in [1.54, 1.807) is 24.3 Å². The third kappa shape index (κ3) is 5.81. The molecule has 212 valence electrons. The van der Waals surface area contributed by atoms with Gasteiger partial charge in [-0.25, -0.2) is 14.8 Å². The van der Waals surface area contributed by atoms with Gasteiger partial charge in [-0.05, 0) is 29.8 Å². The van der Waals surface area contributed by atoms with Gasteiger partial charge in [0.2, 0.25) is 5.69 Å². The Hall–Kier alpha value is -3.68. The Morgan fingerprint density at radius 2 is 1.86 bits per heavy atom. The van der Waals surface area contributed by atoms with Crippen LogP contribution < -0.4 is 9.64 Å². The van der Waals surface area contributed by atoms with Gasteiger partial charge < -0.3 is 24.6 Å². The number of halogens is 1. The molecule has 0 radical (unpaired) electrons. The van der Waals surface area contributed by atoms with Crippen molar-refractivity contribution in [2.24, 2.45) is 0 Å². The van der Waals surface area contributed by atoms with Gasteiger partial charge in [-0.3, -0.25) is 0 Å². The summed E-state index contributed by atoms with van der Waals surface area (Å²) in [6.45, 7) is 9.27. The topological polar surface area (TPSA) is 116 Å². The van der Waals surface area contributed by atoms with E-state index >= 15 is 0 Å². The quantitative estimate of drug-likeness (QED) is 0.194. The van der Waals surface area contributed by atoms with Crippen LogP contribution in [0.25, 0.3) is 26.5 Å². The van der Waals surface area contributed by atoms with E-state index in [0.717, 1.165) is 16.3 Å². The minimum Gasteiger partial charge on any atom is -0.485 e. The number of hydrogen-bond donors (Lipinski definition) is 2. The summed E-state index contributed by atoms with van der Waals surface area (Å²) < 4.78 is 11.1. The van der Waals surface area contributed by atoms with Gasteiger partial charge in [-0.2, -0.15) is 5.26 Å². The highest BCUT2D eigenvalue weighted by molar-refractivity contribution is 7.98. The van der Waals surface area contributed by atoms with E-state index in [0.29, 0.717) is 63.8 Å². The highest BCUT2D eigenvalue weighted by Crippen LogP contribution is 2.45. The molecule has 42 heavy (non-hydrogen) atoms. The summed E-state index contributed by atoms with van der Waals surface area (Å²) in [5, 5.41) is 34.3. The van der Waals surface area contributed by atoms with Crippen LogP contribution in [0, 0.1) is 17.9 Å². The average molecular weight is 618 g/mol. The van der Waals surface area contributed by atoms with Crippen LogP contribution in [0.5, 0.6) is 5.75 Å². The highest BCUT2D eigenvalue weighted by atomic mass is 35.5. The smallest absolute Gasteiger partial charge is 0.237 e. The fraction of sp³-hybridized carbons (Fsp3) is 0.267. The highest BCUT2D eigenvalue weighted by Gasteiger charge is 2.32. The van der Waals surface area contributed by atoms with Gasteiger partial charge >= 0.3 is 0 Å². The number of nitrogens with zero attached hydrogens (tertiary/aromatic N) is 5. The van der Waals surface area contributed by atoms with Gasteiger partial charge in [-0.1, -0.05) is 47.6 Å². The first kappa shape index (κ1) is 28.4. The molecule has 4 heterocycles. The van der Waals surface area contributed by atoms with Crippen molar-refractivity contribution >= 4 is 46.2 Å². The molecule has 2 aliphatic heterocycles. The molecule has 0 saturated carbocycles. The lowest BCUT2D eigenvalue weighted by Crippen LogP contribution is -2.51. The van der Waals surface area contributed by atoms with Gasteiger partial charge in [0.25, 0.3) is 0 Å². The van der Waals surface area contributed by atoms with Crippen LogP contribution in [0.4, 0.5) is 11.5 Å². The zero-order valence-corrected chi connectivity index (χ0v) is 24.5. The van der Waals surface area contributed by atoms with Gasteiger partial charge in [0.15, 0.2) is 0 Å². The molecule has 2 atom stereocenters. The first-order chi connectivity index (χ1) is 20.4. The van der Waals surface area contributed by atoms with E-state index in [1.807, 2.05) is 34.5 Å². The van der Waals surface area contributed by atoms with Gasteiger partial charge in [-0.15, -0.1) is 11.3 Å². The molecule has 2 aromatic carbocycles. The Morgan fingerprint density at radius 3 is 2.50 bits per heavy atom. The molecule has 0 unspecified atom stereocenters. The number of β-amino-alcohol motifs (C(OH)–C–C–N with tert-alkyl or cyclic N) is 1. The van der Waals surface area contributed by atoms with Crippen molar-refractivity contribution < 1.29 is 19.7 Å². The van der Waals surface area contributed by atoms with Crippen LogP contribution in [0.1, 0.15) is 11.3 Å². The Balaban J connectivity index is 1.32.